The molecule has 0 N–H and O–H groups in total. The lowest BCUT2D eigenvalue weighted by atomic mass is 9.87. The normalized spacial score (nSPS) is 19.2. The van der Waals surface area contributed by atoms with E-state index >= 15 is 0 Å². The van der Waals surface area contributed by atoms with E-state index < -0.39 is 56.8 Å². The minimum absolute atomic E-state index is 0.314. The number of fused-ring (bicyclic) bond motifs is 1. The first-order valence-electron chi connectivity index (χ1n) is 24.5. The van der Waals surface area contributed by atoms with E-state index in [1.165, 1.54) is 61.5 Å². The summed E-state index contributed by atoms with van der Waals surface area (Å²) in [6.45, 7) is 60.2. The zero-order chi connectivity index (χ0) is 49.9. The Kier molecular flexibility index (Phi) is 34.6. The smallest absolute Gasteiger partial charge is 0.330 e. The van der Waals surface area contributed by atoms with Crippen molar-refractivity contribution in [3.05, 3.63) is 43.0 Å². The van der Waals surface area contributed by atoms with Gasteiger partial charge >= 0.3 is 5.97 Å². The fourth-order valence-electron chi connectivity index (χ4n) is 5.33. The topological polar surface area (TPSA) is 69.8 Å². The van der Waals surface area contributed by atoms with Gasteiger partial charge < -0.3 is 23.4 Å². The molecule has 4 unspecified atom stereocenters. The fraction of sp³-hybridized carbons (Fsp3) is 0.820. The van der Waals surface area contributed by atoms with E-state index in [0.29, 0.717) is 24.9 Å². The molecular formula is C50H110O6Si7. The lowest BCUT2D eigenvalue weighted by Gasteiger charge is -2.22. The van der Waals surface area contributed by atoms with Gasteiger partial charge in [0, 0.05) is 60.2 Å². The van der Waals surface area contributed by atoms with Gasteiger partial charge in [0.2, 0.25) is 0 Å². The molecule has 4 rings (SSSR count). The highest BCUT2D eigenvalue weighted by Gasteiger charge is 2.46. The number of epoxide rings is 2. The van der Waals surface area contributed by atoms with Crippen LogP contribution in [0.4, 0.5) is 0 Å². The minimum Gasteiger partial charge on any atom is -0.463 e. The highest BCUT2D eigenvalue weighted by Crippen LogP contribution is 2.43. The Labute approximate surface area is 401 Å². The molecular weight excluding hydrogens is 893 g/mol. The molecule has 2 saturated heterocycles. The largest absolute Gasteiger partial charge is 0.463 e. The van der Waals surface area contributed by atoms with E-state index in [2.05, 4.69) is 187 Å². The Hall–Kier alpha value is -0.212. The zero-order valence-corrected chi connectivity index (χ0v) is 53.6. The molecule has 13 heteroatoms. The van der Waals surface area contributed by atoms with Crippen LogP contribution in [-0.4, -0.2) is 115 Å². The van der Waals surface area contributed by atoms with Gasteiger partial charge in [0.15, 0.2) is 8.32 Å². The van der Waals surface area contributed by atoms with E-state index in [-0.39, 0.29) is 5.97 Å². The van der Waals surface area contributed by atoms with Crippen LogP contribution in [-0.2, 0) is 28.2 Å². The average molecular weight is 1000 g/mol. The summed E-state index contributed by atoms with van der Waals surface area (Å²) in [5, 5.41) is 1.54. The summed E-state index contributed by atoms with van der Waals surface area (Å²) in [6, 6.07) is 14.8. The second-order valence-electron chi connectivity index (χ2n) is 26.6. The molecule has 6 nitrogen and oxygen atoms in total. The molecule has 3 fully saturated rings. The highest BCUT2D eigenvalue weighted by atomic mass is 28.4. The van der Waals surface area contributed by atoms with Gasteiger partial charge in [0.25, 0.3) is 0 Å². The lowest BCUT2D eigenvalue weighted by Crippen LogP contribution is -2.37. The molecule has 1 saturated carbocycles. The number of ether oxygens (including phenoxy) is 4. The van der Waals surface area contributed by atoms with Crippen molar-refractivity contribution in [2.75, 3.05) is 33.5 Å². The molecule has 3 aliphatic rings. The Balaban J connectivity index is -0.000000687. The van der Waals surface area contributed by atoms with Crippen LogP contribution >= 0.6 is 0 Å². The predicted octanol–water partition coefficient (Wildman–Crippen LogP) is 15.5. The molecule has 2 heterocycles. The van der Waals surface area contributed by atoms with E-state index in [0.717, 1.165) is 32.2 Å². The standard InChI is InChI=1S/C11H22OSi.C9H20O2Si.C9H18O2Si.C9H14Si.C4H12OSi.2C4H12Si/c1-13(2,3)8-7-9-5-4-6-10-11(9)12-10;1-12(2,3)6-4-5-10-7-9-8-11-9;1-5-9(10)11-7-6-8-12(2,3)4;1-10(2,3)9-7-5-4-6-8-9;1-5-6(2,3)4;2*1-5(2,3)4/h9-11H,4-8H2,1-3H3;9H,4-8H2,1-3H3;5H,1,6-8H2,2-4H3;4-8H,1-3H3;1-4H3;2*1-4H3. The molecule has 374 valence electrons. The molecule has 1 aromatic carbocycles. The summed E-state index contributed by atoms with van der Waals surface area (Å²) in [7, 11) is -4.21. The van der Waals surface area contributed by atoms with Crippen molar-refractivity contribution < 1.29 is 28.2 Å². The van der Waals surface area contributed by atoms with Gasteiger partial charge in [0.1, 0.15) is 6.10 Å². The van der Waals surface area contributed by atoms with Gasteiger partial charge in [0.05, 0.1) is 40.1 Å². The number of rotatable bonds is 16. The third-order valence-corrected chi connectivity index (χ3v) is 17.9. The Morgan fingerprint density at radius 1 is 0.683 bits per heavy atom. The Morgan fingerprint density at radius 2 is 1.11 bits per heavy atom. The van der Waals surface area contributed by atoms with Gasteiger partial charge in [-0.1, -0.05) is 204 Å². The summed E-state index contributed by atoms with van der Waals surface area (Å²) in [6.07, 6.45) is 10.8. The van der Waals surface area contributed by atoms with E-state index in [1.807, 2.05) is 0 Å². The molecule has 1 aliphatic carbocycles. The fourth-order valence-corrected chi connectivity index (χ4v) is 10.2. The molecule has 4 atom stereocenters. The van der Waals surface area contributed by atoms with Crippen molar-refractivity contribution in [3.63, 3.8) is 0 Å². The number of esters is 1. The molecule has 2 aliphatic heterocycles. The van der Waals surface area contributed by atoms with Gasteiger partial charge in [-0.2, -0.15) is 0 Å². The van der Waals surface area contributed by atoms with Crippen molar-refractivity contribution in [3.8, 4) is 0 Å². The summed E-state index contributed by atoms with van der Waals surface area (Å²) in [5.74, 6) is 0.607. The number of hydrogen-bond donors (Lipinski definition) is 0. The van der Waals surface area contributed by atoms with Gasteiger partial charge in [-0.3, -0.25) is 0 Å². The third-order valence-electron chi connectivity index (χ3n) is 9.07. The second-order valence-corrected chi connectivity index (χ2v) is 65.2. The molecule has 0 amide bonds. The Morgan fingerprint density at radius 3 is 1.46 bits per heavy atom. The van der Waals surface area contributed by atoms with Crippen LogP contribution in [0.25, 0.3) is 0 Å². The molecule has 0 radical (unpaired) electrons. The SMILES string of the molecule is C=CC(=O)OCCC[Si](C)(C)C.CO[Si](C)(C)C.C[Si](C)(C)C.C[Si](C)(C)C.C[Si](C)(C)CCC1CCCC2OC12.C[Si](C)(C)CCCOCC1CO1.C[Si](C)(C)c1ccccc1. The maximum atomic E-state index is 10.6. The number of benzene rings is 1. The highest BCUT2D eigenvalue weighted by molar-refractivity contribution is 6.88. The van der Waals surface area contributed by atoms with Crippen molar-refractivity contribution in [1.29, 1.82) is 0 Å². The lowest BCUT2D eigenvalue weighted by molar-refractivity contribution is -0.137. The Bertz CT molecular complexity index is 1250. The maximum absolute atomic E-state index is 10.6. The van der Waals surface area contributed by atoms with Crippen LogP contribution in [0.1, 0.15) is 38.5 Å². The summed E-state index contributed by atoms with van der Waals surface area (Å²) < 4.78 is 26.1. The molecule has 1 aromatic rings. The van der Waals surface area contributed by atoms with Crippen LogP contribution in [0, 0.1) is 5.92 Å². The van der Waals surface area contributed by atoms with Crippen molar-refractivity contribution in [2.24, 2.45) is 5.92 Å². The summed E-state index contributed by atoms with van der Waals surface area (Å²) >= 11 is 0. The molecule has 0 spiro atoms. The maximum Gasteiger partial charge on any atom is 0.330 e. The summed E-state index contributed by atoms with van der Waals surface area (Å²) in [4.78, 5) is 10.6. The number of carbonyl (C=O) groups is 1. The van der Waals surface area contributed by atoms with Gasteiger partial charge in [-0.25, -0.2) is 4.79 Å². The van der Waals surface area contributed by atoms with Crippen LogP contribution in [0.15, 0.2) is 43.0 Å². The molecule has 63 heavy (non-hydrogen) atoms. The minimum atomic E-state index is -1.13. The first-order valence-corrected chi connectivity index (χ1v) is 50.5. The second kappa shape index (κ2) is 32.5. The van der Waals surface area contributed by atoms with E-state index in [9.17, 15) is 4.79 Å². The summed E-state index contributed by atoms with van der Waals surface area (Å²) in [5.41, 5.74) is 0. The zero-order valence-electron chi connectivity index (χ0n) is 46.6. The van der Waals surface area contributed by atoms with Crippen molar-refractivity contribution in [1.82, 2.24) is 0 Å². The van der Waals surface area contributed by atoms with Crippen LogP contribution in [0.5, 0.6) is 0 Å². The van der Waals surface area contributed by atoms with Crippen LogP contribution in [0.2, 0.25) is 169 Å². The van der Waals surface area contributed by atoms with E-state index in [1.54, 1.807) is 7.11 Å². The number of carbonyl (C=O) groups excluding carboxylic acids is 1. The first-order chi connectivity index (χ1) is 28.3. The monoisotopic (exact) mass is 1000 g/mol. The third kappa shape index (κ3) is 59.8. The van der Waals surface area contributed by atoms with Crippen molar-refractivity contribution in [2.45, 2.75) is 226 Å². The average Bonchev–Trinajstić information content (AvgIpc) is 4.03. The number of hydrogen-bond acceptors (Lipinski definition) is 6. The van der Waals surface area contributed by atoms with Crippen LogP contribution in [0.3, 0.4) is 0 Å². The van der Waals surface area contributed by atoms with Crippen LogP contribution < -0.4 is 5.19 Å². The quantitative estimate of drug-likeness (QED) is 0.0540. The van der Waals surface area contributed by atoms with Gasteiger partial charge in [-0.15, -0.1) is 0 Å². The molecule has 0 aromatic heterocycles. The van der Waals surface area contributed by atoms with Gasteiger partial charge in [-0.05, 0) is 51.2 Å². The first kappa shape index (κ1) is 67.1. The van der Waals surface area contributed by atoms with Crippen molar-refractivity contribution >= 4 is 67.9 Å². The predicted molar refractivity (Wildman–Crippen MR) is 304 cm³/mol. The van der Waals surface area contributed by atoms with E-state index in [4.69, 9.17) is 23.4 Å². The molecule has 0 bridgehead atoms.